The van der Waals surface area contributed by atoms with Gasteiger partial charge in [-0.2, -0.15) is 5.26 Å². The maximum Gasteiger partial charge on any atom is 0.124 e. The van der Waals surface area contributed by atoms with Gasteiger partial charge in [-0.05, 0) is 6.07 Å². The van der Waals surface area contributed by atoms with Gasteiger partial charge >= 0.3 is 0 Å². The smallest absolute Gasteiger partial charge is 0.124 e. The van der Waals surface area contributed by atoms with Gasteiger partial charge in [0, 0.05) is 5.38 Å². The summed E-state index contributed by atoms with van der Waals surface area (Å²) in [5, 5.41) is 11.5. The van der Waals surface area contributed by atoms with Gasteiger partial charge in [0.25, 0.3) is 0 Å². The third-order valence-electron chi connectivity index (χ3n) is 0.665. The molecule has 0 saturated heterocycles. The van der Waals surface area contributed by atoms with Crippen LogP contribution in [-0.2, 0) is 0 Å². The van der Waals surface area contributed by atoms with E-state index >= 15 is 0 Å². The first kappa shape index (κ1) is 5.61. The molecular weight excluding hydrogens is 142 g/mol. The zero-order valence-electron chi connectivity index (χ0n) is 3.81. The lowest BCUT2D eigenvalue weighted by Crippen LogP contribution is -1.57. The quantitative estimate of drug-likeness (QED) is 0.544. The first-order chi connectivity index (χ1) is 3.84. The Bertz CT molecular complexity index is 223. The molecule has 3 heteroatoms. The summed E-state index contributed by atoms with van der Waals surface area (Å²) in [5.74, 6) is 0. The lowest BCUT2D eigenvalue weighted by atomic mass is 10.5. The molecular formula is C5HClNS. The molecule has 1 heterocycles. The summed E-state index contributed by atoms with van der Waals surface area (Å²) in [6.45, 7) is 0. The van der Waals surface area contributed by atoms with Crippen molar-refractivity contribution in [1.29, 1.82) is 5.26 Å². The minimum Gasteiger partial charge on any atom is -0.191 e. The molecule has 0 unspecified atom stereocenters. The number of nitriles is 1. The summed E-state index contributed by atoms with van der Waals surface area (Å²) < 4.78 is 0. The van der Waals surface area contributed by atoms with Crippen LogP contribution in [0, 0.1) is 16.7 Å². The SMILES string of the molecule is N#Cc1s[c]cc1Cl. The monoisotopic (exact) mass is 142 g/mol. The highest BCUT2D eigenvalue weighted by atomic mass is 35.5. The number of hydrogen-bond acceptors (Lipinski definition) is 2. The Kier molecular flexibility index (Phi) is 1.52. The van der Waals surface area contributed by atoms with E-state index < -0.39 is 0 Å². The second-order valence-electron chi connectivity index (χ2n) is 1.15. The van der Waals surface area contributed by atoms with E-state index in [2.05, 4.69) is 5.38 Å². The summed E-state index contributed by atoms with van der Waals surface area (Å²) >= 11 is 6.73. The average Bonchev–Trinajstić information content (AvgIpc) is 2.14. The summed E-state index contributed by atoms with van der Waals surface area (Å²) in [4.78, 5) is 0.534. The molecule has 39 valence electrons. The van der Waals surface area contributed by atoms with Crippen LogP contribution in [0.2, 0.25) is 5.02 Å². The van der Waals surface area contributed by atoms with Gasteiger partial charge in [-0.1, -0.05) is 11.6 Å². The zero-order chi connectivity index (χ0) is 5.98. The maximum absolute atomic E-state index is 8.26. The fraction of sp³-hybridized carbons (Fsp3) is 0. The molecule has 0 atom stereocenters. The van der Waals surface area contributed by atoms with Crippen molar-refractivity contribution in [2.24, 2.45) is 0 Å². The van der Waals surface area contributed by atoms with E-state index in [0.717, 1.165) is 0 Å². The van der Waals surface area contributed by atoms with Gasteiger partial charge in [0.05, 0.1) is 5.02 Å². The molecule has 0 aliphatic rings. The lowest BCUT2D eigenvalue weighted by molar-refractivity contribution is 1.52. The van der Waals surface area contributed by atoms with Crippen molar-refractivity contribution < 1.29 is 0 Å². The Morgan fingerprint density at radius 2 is 2.62 bits per heavy atom. The molecule has 0 aromatic carbocycles. The largest absolute Gasteiger partial charge is 0.191 e. The summed E-state index contributed by atoms with van der Waals surface area (Å²) in [6.07, 6.45) is 0. The molecule has 1 radical (unpaired) electrons. The molecule has 8 heavy (non-hydrogen) atoms. The first-order valence-electron chi connectivity index (χ1n) is 1.90. The molecule has 0 spiro atoms. The molecule has 0 amide bonds. The van der Waals surface area contributed by atoms with E-state index in [1.807, 2.05) is 6.07 Å². The van der Waals surface area contributed by atoms with Crippen LogP contribution < -0.4 is 0 Å². The van der Waals surface area contributed by atoms with Gasteiger partial charge in [0.15, 0.2) is 0 Å². The van der Waals surface area contributed by atoms with Crippen molar-refractivity contribution >= 4 is 22.9 Å². The Labute approximate surface area is 56.1 Å². The fourth-order valence-corrected chi connectivity index (χ4v) is 1.10. The van der Waals surface area contributed by atoms with Crippen LogP contribution in [0.1, 0.15) is 4.88 Å². The number of halogens is 1. The summed E-state index contributed by atoms with van der Waals surface area (Å²) in [5.41, 5.74) is 0. The highest BCUT2D eigenvalue weighted by Crippen LogP contribution is 2.19. The van der Waals surface area contributed by atoms with Crippen molar-refractivity contribution in [3.05, 3.63) is 21.3 Å². The predicted molar refractivity (Wildman–Crippen MR) is 32.9 cm³/mol. The minimum atomic E-state index is 0.498. The predicted octanol–water partition coefficient (Wildman–Crippen LogP) is 2.07. The van der Waals surface area contributed by atoms with Gasteiger partial charge in [-0.3, -0.25) is 0 Å². The van der Waals surface area contributed by atoms with Crippen molar-refractivity contribution in [3.63, 3.8) is 0 Å². The highest BCUT2D eigenvalue weighted by Gasteiger charge is 1.96. The highest BCUT2D eigenvalue weighted by molar-refractivity contribution is 7.10. The van der Waals surface area contributed by atoms with Crippen LogP contribution in [0.3, 0.4) is 0 Å². The van der Waals surface area contributed by atoms with Crippen LogP contribution in [0.25, 0.3) is 0 Å². The van der Waals surface area contributed by atoms with E-state index in [1.165, 1.54) is 11.3 Å². The molecule has 1 nitrogen and oxygen atoms in total. The van der Waals surface area contributed by atoms with E-state index in [1.54, 1.807) is 6.07 Å². The van der Waals surface area contributed by atoms with E-state index in [9.17, 15) is 0 Å². The van der Waals surface area contributed by atoms with Crippen molar-refractivity contribution in [3.8, 4) is 6.07 Å². The normalized spacial score (nSPS) is 8.50. The Morgan fingerprint density at radius 3 is 2.88 bits per heavy atom. The van der Waals surface area contributed by atoms with Gasteiger partial charge in [0.2, 0.25) is 0 Å². The number of nitrogens with zero attached hydrogens (tertiary/aromatic N) is 1. The maximum atomic E-state index is 8.26. The second-order valence-corrected chi connectivity index (χ2v) is 2.41. The average molecular weight is 143 g/mol. The third kappa shape index (κ3) is 0.835. The molecule has 0 aliphatic heterocycles. The Balaban J connectivity index is 3.15. The van der Waals surface area contributed by atoms with Crippen LogP contribution in [-0.4, -0.2) is 0 Å². The Morgan fingerprint density at radius 1 is 1.88 bits per heavy atom. The molecule has 1 aromatic heterocycles. The van der Waals surface area contributed by atoms with Gasteiger partial charge in [-0.25, -0.2) is 0 Å². The van der Waals surface area contributed by atoms with E-state index in [4.69, 9.17) is 16.9 Å². The number of hydrogen-bond donors (Lipinski definition) is 0. The molecule has 1 rings (SSSR count). The molecule has 0 aliphatic carbocycles. The summed E-state index contributed by atoms with van der Waals surface area (Å²) in [7, 11) is 0. The van der Waals surface area contributed by atoms with Crippen LogP contribution in [0.4, 0.5) is 0 Å². The third-order valence-corrected chi connectivity index (χ3v) is 1.83. The number of rotatable bonds is 0. The van der Waals surface area contributed by atoms with E-state index in [0.29, 0.717) is 9.90 Å². The zero-order valence-corrected chi connectivity index (χ0v) is 5.38. The molecule has 1 aromatic rings. The fourth-order valence-electron chi connectivity index (χ4n) is 0.331. The van der Waals surface area contributed by atoms with Crippen molar-refractivity contribution in [2.75, 3.05) is 0 Å². The van der Waals surface area contributed by atoms with Gasteiger partial charge in [0.1, 0.15) is 10.9 Å². The van der Waals surface area contributed by atoms with Gasteiger partial charge in [-0.15, -0.1) is 11.3 Å². The number of thiophene rings is 1. The van der Waals surface area contributed by atoms with Gasteiger partial charge < -0.3 is 0 Å². The molecule has 0 bridgehead atoms. The van der Waals surface area contributed by atoms with E-state index in [-0.39, 0.29) is 0 Å². The standard InChI is InChI=1S/C5HClNS/c6-4-1-2-8-5(4)3-7/h1H. The lowest BCUT2D eigenvalue weighted by Gasteiger charge is -1.73. The molecule has 0 N–H and O–H groups in total. The molecule has 0 fully saturated rings. The second kappa shape index (κ2) is 2.17. The van der Waals surface area contributed by atoms with Crippen LogP contribution in [0.15, 0.2) is 6.07 Å². The first-order valence-corrected chi connectivity index (χ1v) is 3.09. The van der Waals surface area contributed by atoms with Crippen molar-refractivity contribution in [2.45, 2.75) is 0 Å². The Hall–Kier alpha value is -0.520. The minimum absolute atomic E-state index is 0.498. The van der Waals surface area contributed by atoms with Crippen LogP contribution >= 0.6 is 22.9 Å². The topological polar surface area (TPSA) is 23.8 Å². The summed E-state index contributed by atoms with van der Waals surface area (Å²) in [6, 6.07) is 3.52. The van der Waals surface area contributed by atoms with Crippen LogP contribution in [0.5, 0.6) is 0 Å². The van der Waals surface area contributed by atoms with Crippen molar-refractivity contribution in [1.82, 2.24) is 0 Å². The molecule has 0 saturated carbocycles.